The lowest BCUT2D eigenvalue weighted by Crippen LogP contribution is -2.27. The third-order valence-electron chi connectivity index (χ3n) is 3.23. The average Bonchev–Trinajstić information content (AvgIpc) is 2.83. The van der Waals surface area contributed by atoms with Crippen LogP contribution in [-0.2, 0) is 19.1 Å². The number of allylic oxidation sites excluding steroid dienone is 2. The molecule has 1 aliphatic rings. The molecule has 0 radical (unpaired) electrons. The van der Waals surface area contributed by atoms with Crippen molar-refractivity contribution >= 4 is 29.2 Å². The number of carbonyl (C=O) groups is 2. The number of rotatable bonds is 3. The van der Waals surface area contributed by atoms with E-state index in [1.807, 2.05) is 6.07 Å². The van der Waals surface area contributed by atoms with Crippen molar-refractivity contribution in [3.8, 4) is 6.07 Å². The number of nitriles is 1. The van der Waals surface area contributed by atoms with E-state index in [0.717, 1.165) is 0 Å². The van der Waals surface area contributed by atoms with Gasteiger partial charge in [-0.3, -0.25) is 0 Å². The molecule has 0 saturated heterocycles. The van der Waals surface area contributed by atoms with Crippen molar-refractivity contribution < 1.29 is 19.1 Å². The molecule has 0 unspecified atom stereocenters. The maximum atomic E-state index is 12.3. The second kappa shape index (κ2) is 7.49. The molecule has 0 aromatic heterocycles. The van der Waals surface area contributed by atoms with E-state index in [-0.39, 0.29) is 16.8 Å². The number of esters is 2. The Hall–Kier alpha value is -3.04. The summed E-state index contributed by atoms with van der Waals surface area (Å²) in [5, 5.41) is 9.70. The lowest BCUT2D eigenvalue weighted by atomic mass is 10.1. The molecule has 0 amide bonds. The van der Waals surface area contributed by atoms with Gasteiger partial charge in [0.05, 0.1) is 31.0 Å². The summed E-state index contributed by atoms with van der Waals surface area (Å²) in [6, 6.07) is 6.64. The number of anilines is 1. The van der Waals surface area contributed by atoms with Crippen molar-refractivity contribution in [2.24, 2.45) is 0 Å². The molecular weight excluding hydrogens is 332 g/mol. The largest absolute Gasteiger partial charge is 0.465 e. The van der Waals surface area contributed by atoms with Gasteiger partial charge in [0.2, 0.25) is 0 Å². The number of nitrogens with zero attached hydrogens (tertiary/aromatic N) is 2. The summed E-state index contributed by atoms with van der Waals surface area (Å²) >= 11 is 6.02. The summed E-state index contributed by atoms with van der Waals surface area (Å²) in [6.45, 7) is 0. The zero-order chi connectivity index (χ0) is 17.7. The van der Waals surface area contributed by atoms with Crippen molar-refractivity contribution in [3.63, 3.8) is 0 Å². The maximum Gasteiger partial charge on any atom is 0.355 e. The van der Waals surface area contributed by atoms with Crippen LogP contribution in [0.3, 0.4) is 0 Å². The van der Waals surface area contributed by atoms with E-state index in [4.69, 9.17) is 21.1 Å². The van der Waals surface area contributed by atoms with E-state index in [2.05, 4.69) is 0 Å². The van der Waals surface area contributed by atoms with Crippen LogP contribution >= 0.6 is 11.6 Å². The summed E-state index contributed by atoms with van der Waals surface area (Å²) in [5.41, 5.74) is 0.537. The number of benzene rings is 1. The predicted octanol–water partition coefficient (Wildman–Crippen LogP) is 2.70. The smallest absolute Gasteiger partial charge is 0.355 e. The van der Waals surface area contributed by atoms with Gasteiger partial charge in [0.1, 0.15) is 11.8 Å². The van der Waals surface area contributed by atoms with Gasteiger partial charge in [-0.2, -0.15) is 5.26 Å². The van der Waals surface area contributed by atoms with Crippen LogP contribution in [-0.4, -0.2) is 26.2 Å². The quantitative estimate of drug-likeness (QED) is 0.784. The molecule has 1 aromatic carbocycles. The first-order valence-corrected chi connectivity index (χ1v) is 7.16. The Morgan fingerprint density at radius 3 is 2.50 bits per heavy atom. The van der Waals surface area contributed by atoms with Gasteiger partial charge < -0.3 is 14.4 Å². The second-order valence-corrected chi connectivity index (χ2v) is 5.03. The van der Waals surface area contributed by atoms with E-state index in [1.54, 1.807) is 18.2 Å². The van der Waals surface area contributed by atoms with Crippen molar-refractivity contribution in [2.45, 2.75) is 0 Å². The van der Waals surface area contributed by atoms with Crippen LogP contribution in [0.1, 0.15) is 5.56 Å². The van der Waals surface area contributed by atoms with Crippen molar-refractivity contribution in [1.29, 1.82) is 5.26 Å². The Morgan fingerprint density at radius 1 is 1.17 bits per heavy atom. The Balaban J connectivity index is 2.76. The highest BCUT2D eigenvalue weighted by molar-refractivity contribution is 6.31. The average molecular weight is 345 g/mol. The lowest BCUT2D eigenvalue weighted by Gasteiger charge is -2.24. The summed E-state index contributed by atoms with van der Waals surface area (Å²) < 4.78 is 9.53. The molecule has 6 nitrogen and oxygen atoms in total. The van der Waals surface area contributed by atoms with Gasteiger partial charge in [0, 0.05) is 11.2 Å². The van der Waals surface area contributed by atoms with Gasteiger partial charge in [-0.1, -0.05) is 17.7 Å². The van der Waals surface area contributed by atoms with Crippen molar-refractivity contribution in [1.82, 2.24) is 0 Å². The molecule has 0 spiro atoms. The van der Waals surface area contributed by atoms with Crippen molar-refractivity contribution in [3.05, 3.63) is 64.5 Å². The molecular formula is C17H13ClN2O4. The van der Waals surface area contributed by atoms with Gasteiger partial charge in [0.25, 0.3) is 0 Å². The molecule has 1 aromatic rings. The molecule has 7 heteroatoms. The van der Waals surface area contributed by atoms with Crippen LogP contribution in [0.4, 0.5) is 5.69 Å². The van der Waals surface area contributed by atoms with E-state index >= 15 is 0 Å². The highest BCUT2D eigenvalue weighted by atomic mass is 35.5. The normalized spacial score (nSPS) is 13.3. The number of hydrogen-bond acceptors (Lipinski definition) is 6. The van der Waals surface area contributed by atoms with Crippen LogP contribution in [0.2, 0.25) is 5.02 Å². The van der Waals surface area contributed by atoms with Gasteiger partial charge in [-0.15, -0.1) is 0 Å². The Kier molecular flexibility index (Phi) is 5.40. The molecule has 0 N–H and O–H groups in total. The summed E-state index contributed by atoms with van der Waals surface area (Å²) in [5.74, 6) is -1.46. The molecule has 2 rings (SSSR count). The zero-order valence-corrected chi connectivity index (χ0v) is 13.7. The highest BCUT2D eigenvalue weighted by Gasteiger charge is 2.28. The zero-order valence-electron chi connectivity index (χ0n) is 12.9. The van der Waals surface area contributed by atoms with E-state index in [1.165, 1.54) is 43.5 Å². The minimum absolute atomic E-state index is 0.00165. The first-order valence-electron chi connectivity index (χ1n) is 6.78. The van der Waals surface area contributed by atoms with E-state index in [9.17, 15) is 14.9 Å². The fraction of sp³-hybridized carbons (Fsp3) is 0.118. The third kappa shape index (κ3) is 3.31. The number of methoxy groups -OCH3 is 2. The van der Waals surface area contributed by atoms with Crippen LogP contribution in [0.5, 0.6) is 0 Å². The number of halogens is 1. The first kappa shape index (κ1) is 17.3. The maximum absolute atomic E-state index is 12.3. The van der Waals surface area contributed by atoms with Gasteiger partial charge >= 0.3 is 11.9 Å². The van der Waals surface area contributed by atoms with Crippen LogP contribution < -0.4 is 4.90 Å². The Morgan fingerprint density at radius 2 is 1.88 bits per heavy atom. The Labute approximate surface area is 143 Å². The molecule has 0 atom stereocenters. The van der Waals surface area contributed by atoms with Crippen LogP contribution in [0.25, 0.3) is 0 Å². The van der Waals surface area contributed by atoms with Gasteiger partial charge in [-0.25, -0.2) is 9.59 Å². The molecule has 122 valence electrons. The minimum Gasteiger partial charge on any atom is -0.465 e. The lowest BCUT2D eigenvalue weighted by molar-refractivity contribution is -0.139. The topological polar surface area (TPSA) is 79.6 Å². The first-order chi connectivity index (χ1) is 11.5. The third-order valence-corrected chi connectivity index (χ3v) is 3.46. The van der Waals surface area contributed by atoms with Crippen LogP contribution in [0.15, 0.2) is 53.9 Å². The van der Waals surface area contributed by atoms with Crippen LogP contribution in [0, 0.1) is 11.3 Å². The van der Waals surface area contributed by atoms with Gasteiger partial charge in [0.15, 0.2) is 0 Å². The molecule has 1 heterocycles. The summed E-state index contributed by atoms with van der Waals surface area (Å²) in [6.07, 6.45) is 6.16. The summed E-state index contributed by atoms with van der Waals surface area (Å²) in [7, 11) is 2.41. The Bertz CT molecular complexity index is 818. The number of ether oxygens (including phenoxy) is 2. The fourth-order valence-corrected chi connectivity index (χ4v) is 2.32. The SMILES string of the molecule is COC(=O)C1=C(C(=O)OC)N(c2cc(Cl)ccc2C#N)C=CC=C1. The minimum atomic E-state index is -0.754. The predicted molar refractivity (Wildman–Crippen MR) is 88.0 cm³/mol. The molecule has 0 aliphatic carbocycles. The van der Waals surface area contributed by atoms with Crippen molar-refractivity contribution in [2.75, 3.05) is 19.1 Å². The molecule has 0 fully saturated rings. The molecule has 0 bridgehead atoms. The standard InChI is InChI=1S/C17H13ClN2O4/c1-23-16(21)13-5-3-4-8-20(15(13)17(22)24-2)14-9-12(18)7-6-11(14)10-19/h3-9H,1-2H3. The van der Waals surface area contributed by atoms with Gasteiger partial charge in [-0.05, 0) is 30.4 Å². The molecule has 1 aliphatic heterocycles. The number of hydrogen-bond donors (Lipinski definition) is 0. The second-order valence-electron chi connectivity index (χ2n) is 4.59. The fourth-order valence-electron chi connectivity index (χ4n) is 2.15. The highest BCUT2D eigenvalue weighted by Crippen LogP contribution is 2.31. The van der Waals surface area contributed by atoms with E-state index < -0.39 is 11.9 Å². The molecule has 24 heavy (non-hydrogen) atoms. The van der Waals surface area contributed by atoms with E-state index in [0.29, 0.717) is 10.7 Å². The molecule has 0 saturated carbocycles. The monoisotopic (exact) mass is 344 g/mol. The summed E-state index contributed by atoms with van der Waals surface area (Å²) in [4.78, 5) is 25.7. The number of carbonyl (C=O) groups excluding carboxylic acids is 2.